The number of ether oxygens (including phenoxy) is 6. The molecule has 19 heteroatoms. The topological polar surface area (TPSA) is 308 Å². The van der Waals surface area contributed by atoms with Crippen LogP contribution in [0.3, 0.4) is 0 Å². The Morgan fingerprint density at radius 3 is 1.96 bits per heavy atom. The minimum Gasteiger partial charge on any atom is -0.508 e. The van der Waals surface area contributed by atoms with E-state index >= 15 is 0 Å². The van der Waals surface area contributed by atoms with Gasteiger partial charge in [0.25, 0.3) is 0 Å². The van der Waals surface area contributed by atoms with Crippen LogP contribution < -0.4 is 14.9 Å². The molecular formula is C32H38O19. The third kappa shape index (κ3) is 6.97. The molecule has 3 aliphatic heterocycles. The average molecular weight is 727 g/mol. The fourth-order valence-electron chi connectivity index (χ4n) is 6.05. The molecule has 0 amide bonds. The van der Waals surface area contributed by atoms with Crippen LogP contribution in [-0.2, 0) is 18.9 Å². The summed E-state index contributed by atoms with van der Waals surface area (Å²) in [5, 5.41) is 112. The van der Waals surface area contributed by atoms with Crippen LogP contribution in [0.4, 0.5) is 0 Å². The fraction of sp³-hybridized carbons (Fsp3) is 0.531. The first-order valence-corrected chi connectivity index (χ1v) is 15.8. The predicted molar refractivity (Wildman–Crippen MR) is 165 cm³/mol. The first-order valence-electron chi connectivity index (χ1n) is 15.8. The Bertz CT molecular complexity index is 1730. The molecule has 2 aromatic carbocycles. The Morgan fingerprint density at radius 2 is 1.29 bits per heavy atom. The maximum atomic E-state index is 14.0. The van der Waals surface area contributed by atoms with Gasteiger partial charge in [0.2, 0.25) is 23.8 Å². The molecule has 11 N–H and O–H groups in total. The van der Waals surface area contributed by atoms with Gasteiger partial charge in [0, 0.05) is 17.7 Å². The molecule has 14 unspecified atom stereocenters. The second-order valence-electron chi connectivity index (χ2n) is 12.4. The Hall–Kier alpha value is -3.67. The van der Waals surface area contributed by atoms with E-state index in [9.17, 15) is 61.0 Å². The Kier molecular flexibility index (Phi) is 10.7. The molecular weight excluding hydrogens is 688 g/mol. The number of aliphatic hydroxyl groups is 9. The number of benzene rings is 2. The predicted octanol–water partition coefficient (Wildman–Crippen LogP) is -3.28. The van der Waals surface area contributed by atoms with Gasteiger partial charge in [0.05, 0.1) is 19.3 Å². The smallest absolute Gasteiger partial charge is 0.239 e. The van der Waals surface area contributed by atoms with E-state index in [0.29, 0.717) is 0 Å². The van der Waals surface area contributed by atoms with Gasteiger partial charge in [-0.25, -0.2) is 0 Å². The highest BCUT2D eigenvalue weighted by atomic mass is 16.8. The van der Waals surface area contributed by atoms with Crippen molar-refractivity contribution in [1.82, 2.24) is 0 Å². The highest BCUT2D eigenvalue weighted by molar-refractivity contribution is 5.88. The summed E-state index contributed by atoms with van der Waals surface area (Å²) in [6.07, 6.45) is -22.1. The standard InChI is InChI=1S/C32H38O19/c1-10-19(37)22(40)24(42)30(45-10)46-13-6-14(36)18-15(7-13)47-27(11-2-4-12(35)5-3-11)29(21(18)39)51-32-26(44)28(17(9-34)49-32)50-31-25(43)23(41)20(38)16(8-33)48-31/h2-7,10,16-17,19-20,22-26,28,30-38,40-44H,8-9H2,1H3. The molecule has 0 radical (unpaired) electrons. The van der Waals surface area contributed by atoms with Crippen molar-refractivity contribution < 1.29 is 89.0 Å². The van der Waals surface area contributed by atoms with Gasteiger partial charge in [-0.15, -0.1) is 0 Å². The normalized spacial score (nSPS) is 37.1. The van der Waals surface area contributed by atoms with Gasteiger partial charge in [0.15, 0.2) is 12.1 Å². The number of phenols is 2. The summed E-state index contributed by atoms with van der Waals surface area (Å²) in [6, 6.07) is 7.44. The summed E-state index contributed by atoms with van der Waals surface area (Å²) in [5.41, 5.74) is -1.10. The van der Waals surface area contributed by atoms with Gasteiger partial charge < -0.3 is 89.0 Å². The number of hydrogen-bond acceptors (Lipinski definition) is 19. The largest absolute Gasteiger partial charge is 0.508 e. The first kappa shape index (κ1) is 37.1. The van der Waals surface area contributed by atoms with E-state index in [-0.39, 0.29) is 28.4 Å². The third-order valence-electron chi connectivity index (χ3n) is 8.94. The van der Waals surface area contributed by atoms with Crippen LogP contribution in [0.2, 0.25) is 0 Å². The molecule has 0 aliphatic carbocycles. The van der Waals surface area contributed by atoms with E-state index in [0.717, 1.165) is 6.07 Å². The fourth-order valence-corrected chi connectivity index (χ4v) is 6.05. The molecule has 19 nitrogen and oxygen atoms in total. The minimum absolute atomic E-state index is 0.140. The molecule has 3 aliphatic rings. The van der Waals surface area contributed by atoms with E-state index in [1.807, 2.05) is 0 Å². The van der Waals surface area contributed by atoms with Gasteiger partial charge in [-0.1, -0.05) is 0 Å². The number of aromatic hydroxyl groups is 2. The second-order valence-corrected chi connectivity index (χ2v) is 12.4. The lowest BCUT2D eigenvalue weighted by Gasteiger charge is -2.41. The Labute approximate surface area is 287 Å². The molecule has 4 heterocycles. The van der Waals surface area contributed by atoms with Crippen molar-refractivity contribution in [3.63, 3.8) is 0 Å². The summed E-state index contributed by atoms with van der Waals surface area (Å²) in [7, 11) is 0. The zero-order valence-electron chi connectivity index (χ0n) is 26.6. The van der Waals surface area contributed by atoms with Crippen LogP contribution in [-0.4, -0.2) is 155 Å². The van der Waals surface area contributed by atoms with Crippen LogP contribution in [0, 0.1) is 0 Å². The lowest BCUT2D eigenvalue weighted by atomic mass is 9.99. The van der Waals surface area contributed by atoms with Crippen molar-refractivity contribution in [2.75, 3.05) is 13.2 Å². The lowest BCUT2D eigenvalue weighted by Crippen LogP contribution is -2.60. The van der Waals surface area contributed by atoms with Crippen LogP contribution in [0.5, 0.6) is 23.0 Å². The molecule has 280 valence electrons. The van der Waals surface area contributed by atoms with Crippen LogP contribution in [0.15, 0.2) is 45.6 Å². The molecule has 14 atom stereocenters. The van der Waals surface area contributed by atoms with Crippen molar-refractivity contribution in [1.29, 1.82) is 0 Å². The second kappa shape index (κ2) is 14.8. The van der Waals surface area contributed by atoms with Crippen LogP contribution >= 0.6 is 0 Å². The summed E-state index contributed by atoms with van der Waals surface area (Å²) >= 11 is 0. The van der Waals surface area contributed by atoms with Gasteiger partial charge >= 0.3 is 0 Å². The maximum absolute atomic E-state index is 14.0. The molecule has 3 aromatic rings. The molecule has 3 fully saturated rings. The zero-order valence-corrected chi connectivity index (χ0v) is 26.6. The monoisotopic (exact) mass is 726 g/mol. The summed E-state index contributed by atoms with van der Waals surface area (Å²) in [6.45, 7) is -0.103. The van der Waals surface area contributed by atoms with E-state index in [2.05, 4.69) is 0 Å². The van der Waals surface area contributed by atoms with Gasteiger partial charge in [-0.2, -0.15) is 0 Å². The van der Waals surface area contributed by atoms with Crippen molar-refractivity contribution in [2.45, 2.75) is 92.9 Å². The Morgan fingerprint density at radius 1 is 0.686 bits per heavy atom. The molecule has 0 saturated carbocycles. The molecule has 0 bridgehead atoms. The minimum atomic E-state index is -1.85. The molecule has 51 heavy (non-hydrogen) atoms. The highest BCUT2D eigenvalue weighted by Crippen LogP contribution is 2.39. The van der Waals surface area contributed by atoms with Crippen LogP contribution in [0.25, 0.3) is 22.3 Å². The third-order valence-corrected chi connectivity index (χ3v) is 8.94. The quantitative estimate of drug-likeness (QED) is 0.103. The lowest BCUT2D eigenvalue weighted by molar-refractivity contribution is -0.318. The Balaban J connectivity index is 1.33. The van der Waals surface area contributed by atoms with Gasteiger partial charge in [-0.3, -0.25) is 4.79 Å². The maximum Gasteiger partial charge on any atom is 0.239 e. The summed E-state index contributed by atoms with van der Waals surface area (Å²) < 4.78 is 39.6. The summed E-state index contributed by atoms with van der Waals surface area (Å²) in [4.78, 5) is 14.0. The van der Waals surface area contributed by atoms with Crippen molar-refractivity contribution in [3.8, 4) is 34.3 Å². The number of hydrogen-bond donors (Lipinski definition) is 11. The van der Waals surface area contributed by atoms with E-state index in [1.165, 1.54) is 37.3 Å². The number of phenolic OH excluding ortho intramolecular Hbond substituents is 2. The SMILES string of the molecule is CC1OC(Oc2cc(O)c3c(=O)c(OC4OC(CO)C(OC5OC(CO)C(O)C(O)C5O)C4O)c(-c4ccc(O)cc4)oc3c2)C(O)C(O)C1O. The van der Waals surface area contributed by atoms with Gasteiger partial charge in [0.1, 0.15) is 89.3 Å². The molecule has 6 rings (SSSR count). The highest BCUT2D eigenvalue weighted by Gasteiger charge is 2.51. The molecule has 1 aromatic heterocycles. The first-order chi connectivity index (χ1) is 24.2. The number of aliphatic hydroxyl groups excluding tert-OH is 9. The van der Waals surface area contributed by atoms with Crippen molar-refractivity contribution in [3.05, 3.63) is 46.6 Å². The summed E-state index contributed by atoms with van der Waals surface area (Å²) in [5.74, 6) is -1.91. The van der Waals surface area contributed by atoms with E-state index in [1.54, 1.807) is 0 Å². The van der Waals surface area contributed by atoms with E-state index < -0.39 is 122 Å². The van der Waals surface area contributed by atoms with Gasteiger partial charge in [-0.05, 0) is 31.2 Å². The molecule has 3 saturated heterocycles. The van der Waals surface area contributed by atoms with Crippen molar-refractivity contribution >= 4 is 11.0 Å². The number of fused-ring (bicyclic) bond motifs is 1. The van der Waals surface area contributed by atoms with E-state index in [4.69, 9.17) is 32.8 Å². The zero-order chi connectivity index (χ0) is 36.9. The average Bonchev–Trinajstić information content (AvgIpc) is 3.40. The molecule has 0 spiro atoms. The van der Waals surface area contributed by atoms with Crippen molar-refractivity contribution in [2.24, 2.45) is 0 Å². The van der Waals surface area contributed by atoms with Crippen LogP contribution in [0.1, 0.15) is 6.92 Å². The number of rotatable bonds is 9.